The van der Waals surface area contributed by atoms with Crippen LogP contribution >= 0.6 is 11.6 Å². The number of para-hydroxylation sites is 1. The number of pyridine rings is 1. The van der Waals surface area contributed by atoms with Crippen molar-refractivity contribution in [3.8, 4) is 5.75 Å². The number of rotatable bonds is 3. The molecule has 82 valence electrons. The Kier molecular flexibility index (Phi) is 3.37. The molecule has 2 aromatic rings. The summed E-state index contributed by atoms with van der Waals surface area (Å²) in [7, 11) is 0. The average Bonchev–Trinajstić information content (AvgIpc) is 2.28. The molecular formula is C12H9ClFNO. The van der Waals surface area contributed by atoms with Crippen molar-refractivity contribution in [2.24, 2.45) is 0 Å². The van der Waals surface area contributed by atoms with Gasteiger partial charge in [0.1, 0.15) is 11.8 Å². The lowest BCUT2D eigenvalue weighted by molar-refractivity contribution is 0.290. The first-order valence-corrected chi connectivity index (χ1v) is 5.11. The third kappa shape index (κ3) is 2.70. The minimum atomic E-state index is -0.373. The van der Waals surface area contributed by atoms with Crippen LogP contribution in [0, 0.1) is 5.82 Å². The number of halogens is 2. The van der Waals surface area contributed by atoms with E-state index in [1.54, 1.807) is 36.5 Å². The Morgan fingerprint density at radius 1 is 1.25 bits per heavy atom. The quantitative estimate of drug-likeness (QED) is 0.763. The predicted molar refractivity (Wildman–Crippen MR) is 60.0 cm³/mol. The van der Waals surface area contributed by atoms with E-state index in [9.17, 15) is 4.39 Å². The van der Waals surface area contributed by atoms with Gasteiger partial charge in [0.2, 0.25) is 0 Å². The molecule has 1 aromatic heterocycles. The van der Waals surface area contributed by atoms with E-state index in [0.717, 1.165) is 5.56 Å². The highest BCUT2D eigenvalue weighted by Gasteiger charge is 2.02. The molecule has 0 saturated heterocycles. The van der Waals surface area contributed by atoms with Crippen LogP contribution in [-0.4, -0.2) is 4.98 Å². The highest BCUT2D eigenvalue weighted by molar-refractivity contribution is 6.29. The minimum absolute atomic E-state index is 0.232. The smallest absolute Gasteiger partial charge is 0.165 e. The standard InChI is InChI=1S/C12H9ClFNO/c13-12-7-9(5-6-15-12)8-16-11-4-2-1-3-10(11)14/h1-7H,8H2. The van der Waals surface area contributed by atoms with Crippen LogP contribution in [0.25, 0.3) is 0 Å². The fourth-order valence-electron chi connectivity index (χ4n) is 1.26. The van der Waals surface area contributed by atoms with Crippen LogP contribution in [0.1, 0.15) is 5.56 Å². The number of ether oxygens (including phenoxy) is 1. The predicted octanol–water partition coefficient (Wildman–Crippen LogP) is 3.45. The minimum Gasteiger partial charge on any atom is -0.486 e. The maximum Gasteiger partial charge on any atom is 0.165 e. The van der Waals surface area contributed by atoms with Gasteiger partial charge in [-0.1, -0.05) is 23.7 Å². The topological polar surface area (TPSA) is 22.1 Å². The maximum absolute atomic E-state index is 13.2. The van der Waals surface area contributed by atoms with Crippen LogP contribution in [0.5, 0.6) is 5.75 Å². The van der Waals surface area contributed by atoms with Crippen LogP contribution in [0.4, 0.5) is 4.39 Å². The molecule has 0 N–H and O–H groups in total. The molecule has 0 radical (unpaired) electrons. The van der Waals surface area contributed by atoms with Gasteiger partial charge in [0.05, 0.1) is 0 Å². The van der Waals surface area contributed by atoms with Crippen molar-refractivity contribution in [3.63, 3.8) is 0 Å². The van der Waals surface area contributed by atoms with E-state index in [2.05, 4.69) is 4.98 Å². The van der Waals surface area contributed by atoms with Crippen molar-refractivity contribution in [3.05, 3.63) is 59.1 Å². The summed E-state index contributed by atoms with van der Waals surface area (Å²) in [5.74, 6) is -0.141. The number of nitrogens with zero attached hydrogens (tertiary/aromatic N) is 1. The third-order valence-corrected chi connectivity index (χ3v) is 2.23. The SMILES string of the molecule is Fc1ccccc1OCc1ccnc(Cl)c1. The van der Waals surface area contributed by atoms with Crippen molar-refractivity contribution in [1.29, 1.82) is 0 Å². The molecule has 0 aliphatic rings. The van der Waals surface area contributed by atoms with Crippen molar-refractivity contribution < 1.29 is 9.13 Å². The average molecular weight is 238 g/mol. The zero-order chi connectivity index (χ0) is 11.4. The summed E-state index contributed by atoms with van der Waals surface area (Å²) in [6.07, 6.45) is 1.59. The van der Waals surface area contributed by atoms with Gasteiger partial charge >= 0.3 is 0 Å². The van der Waals surface area contributed by atoms with Gasteiger partial charge in [0.15, 0.2) is 11.6 Å². The summed E-state index contributed by atoms with van der Waals surface area (Å²) >= 11 is 5.72. The summed E-state index contributed by atoms with van der Waals surface area (Å²) in [5, 5.41) is 0.398. The molecule has 0 saturated carbocycles. The Bertz CT molecular complexity index is 490. The molecule has 0 unspecified atom stereocenters. The molecule has 0 fully saturated rings. The molecule has 1 aromatic carbocycles. The molecule has 0 bridgehead atoms. The van der Waals surface area contributed by atoms with Crippen LogP contribution in [0.15, 0.2) is 42.6 Å². The van der Waals surface area contributed by atoms with Gasteiger partial charge in [-0.05, 0) is 29.8 Å². The van der Waals surface area contributed by atoms with Crippen LogP contribution in [-0.2, 0) is 6.61 Å². The maximum atomic E-state index is 13.2. The lowest BCUT2D eigenvalue weighted by atomic mass is 10.3. The largest absolute Gasteiger partial charge is 0.486 e. The Labute approximate surface area is 97.7 Å². The second-order valence-corrected chi connectivity index (χ2v) is 3.59. The van der Waals surface area contributed by atoms with E-state index in [1.165, 1.54) is 6.07 Å². The monoisotopic (exact) mass is 237 g/mol. The van der Waals surface area contributed by atoms with Gasteiger partial charge in [0.25, 0.3) is 0 Å². The van der Waals surface area contributed by atoms with Gasteiger partial charge in [-0.2, -0.15) is 0 Å². The molecule has 1 heterocycles. The second-order valence-electron chi connectivity index (χ2n) is 3.21. The lowest BCUT2D eigenvalue weighted by Gasteiger charge is -2.06. The molecule has 4 heteroatoms. The van der Waals surface area contributed by atoms with E-state index in [0.29, 0.717) is 5.15 Å². The van der Waals surface area contributed by atoms with Crippen LogP contribution < -0.4 is 4.74 Å². The van der Waals surface area contributed by atoms with E-state index in [4.69, 9.17) is 16.3 Å². The molecule has 2 rings (SSSR count). The number of hydrogen-bond acceptors (Lipinski definition) is 2. The van der Waals surface area contributed by atoms with E-state index < -0.39 is 0 Å². The fraction of sp³-hybridized carbons (Fsp3) is 0.0833. The third-order valence-electron chi connectivity index (χ3n) is 2.02. The molecule has 2 nitrogen and oxygen atoms in total. The Morgan fingerprint density at radius 2 is 2.06 bits per heavy atom. The first kappa shape index (κ1) is 10.9. The summed E-state index contributed by atoms with van der Waals surface area (Å²) in [5.41, 5.74) is 0.850. The molecular weight excluding hydrogens is 229 g/mol. The lowest BCUT2D eigenvalue weighted by Crippen LogP contribution is -1.97. The van der Waals surface area contributed by atoms with E-state index in [-0.39, 0.29) is 18.2 Å². The summed E-state index contributed by atoms with van der Waals surface area (Å²) in [6.45, 7) is 0.267. The highest BCUT2D eigenvalue weighted by Crippen LogP contribution is 2.17. The number of benzene rings is 1. The van der Waals surface area contributed by atoms with E-state index >= 15 is 0 Å². The first-order chi connectivity index (χ1) is 7.75. The van der Waals surface area contributed by atoms with Crippen LogP contribution in [0.2, 0.25) is 5.15 Å². The van der Waals surface area contributed by atoms with Crippen LogP contribution in [0.3, 0.4) is 0 Å². The molecule has 0 spiro atoms. The number of aromatic nitrogens is 1. The zero-order valence-corrected chi connectivity index (χ0v) is 9.12. The highest BCUT2D eigenvalue weighted by atomic mass is 35.5. The Morgan fingerprint density at radius 3 is 2.81 bits per heavy atom. The Hall–Kier alpha value is -1.61. The van der Waals surface area contributed by atoms with Crippen molar-refractivity contribution in [1.82, 2.24) is 4.98 Å². The van der Waals surface area contributed by atoms with Gasteiger partial charge in [-0.15, -0.1) is 0 Å². The van der Waals surface area contributed by atoms with Gasteiger partial charge in [-0.25, -0.2) is 9.37 Å². The number of hydrogen-bond donors (Lipinski definition) is 0. The first-order valence-electron chi connectivity index (χ1n) is 4.73. The van der Waals surface area contributed by atoms with Crippen molar-refractivity contribution in [2.45, 2.75) is 6.61 Å². The second kappa shape index (κ2) is 4.94. The van der Waals surface area contributed by atoms with Gasteiger partial charge in [-0.3, -0.25) is 0 Å². The molecule has 0 amide bonds. The Balaban J connectivity index is 2.05. The van der Waals surface area contributed by atoms with Gasteiger partial charge in [0, 0.05) is 6.20 Å². The van der Waals surface area contributed by atoms with Crippen molar-refractivity contribution in [2.75, 3.05) is 0 Å². The molecule has 0 aliphatic carbocycles. The molecule has 16 heavy (non-hydrogen) atoms. The molecule has 0 atom stereocenters. The zero-order valence-electron chi connectivity index (χ0n) is 8.36. The van der Waals surface area contributed by atoms with Gasteiger partial charge < -0.3 is 4.74 Å². The van der Waals surface area contributed by atoms with Crippen molar-refractivity contribution >= 4 is 11.6 Å². The fourth-order valence-corrected chi connectivity index (χ4v) is 1.45. The van der Waals surface area contributed by atoms with E-state index in [1.807, 2.05) is 0 Å². The summed E-state index contributed by atoms with van der Waals surface area (Å²) < 4.78 is 18.5. The molecule has 0 aliphatic heterocycles. The summed E-state index contributed by atoms with van der Waals surface area (Å²) in [4.78, 5) is 3.85. The normalized spacial score (nSPS) is 10.1. The summed E-state index contributed by atoms with van der Waals surface area (Å²) in [6, 6.07) is 9.73.